The van der Waals surface area contributed by atoms with Crippen LogP contribution in [0.3, 0.4) is 0 Å². The van der Waals surface area contributed by atoms with Crippen molar-refractivity contribution in [2.75, 3.05) is 19.6 Å². The maximum absolute atomic E-state index is 13.4. The number of carboxylic acid groups (broad SMARTS) is 1. The number of carboxylic acids is 1. The van der Waals surface area contributed by atoms with Crippen molar-refractivity contribution in [3.05, 3.63) is 88.9 Å². The van der Waals surface area contributed by atoms with Crippen molar-refractivity contribution < 1.29 is 29.3 Å². The number of piperazine rings is 1. The number of aromatic hydroxyl groups is 1. The summed E-state index contributed by atoms with van der Waals surface area (Å²) in [5.74, 6) is 0.300. The fourth-order valence-corrected chi connectivity index (χ4v) is 6.14. The third-order valence-electron chi connectivity index (χ3n) is 8.16. The topological polar surface area (TPSA) is 118 Å². The molecular formula is C31H37N3O6. The van der Waals surface area contributed by atoms with Crippen LogP contribution >= 0.6 is 0 Å². The van der Waals surface area contributed by atoms with Crippen molar-refractivity contribution >= 4 is 11.9 Å². The molecule has 1 aromatic heterocycles. The Labute approximate surface area is 234 Å². The lowest BCUT2D eigenvalue weighted by atomic mass is 9.92. The minimum atomic E-state index is -0.970. The highest BCUT2D eigenvalue weighted by Crippen LogP contribution is 2.35. The van der Waals surface area contributed by atoms with Crippen molar-refractivity contribution in [1.29, 1.82) is 0 Å². The van der Waals surface area contributed by atoms with Crippen LogP contribution in [0.25, 0.3) is 0 Å². The summed E-state index contributed by atoms with van der Waals surface area (Å²) in [5.41, 5.74) is 2.29. The maximum atomic E-state index is 13.4. The summed E-state index contributed by atoms with van der Waals surface area (Å²) < 4.78 is 5.74. The predicted octanol–water partition coefficient (Wildman–Crippen LogP) is 3.85. The zero-order valence-electron chi connectivity index (χ0n) is 22.9. The number of phenolic OH excluding ortho intramolecular Hbond substituents is 1. The molecule has 3 heterocycles. The largest absolute Gasteiger partial charge is 0.508 e. The van der Waals surface area contributed by atoms with Crippen molar-refractivity contribution in [3.8, 4) is 5.75 Å². The van der Waals surface area contributed by atoms with Crippen LogP contribution in [0.5, 0.6) is 5.75 Å². The monoisotopic (exact) mass is 547 g/mol. The first kappa shape index (κ1) is 27.9. The molecule has 2 fully saturated rings. The van der Waals surface area contributed by atoms with Crippen LogP contribution in [0.2, 0.25) is 0 Å². The number of aliphatic carboxylic acids is 1. The van der Waals surface area contributed by atoms with Crippen LogP contribution < -0.4 is 0 Å². The van der Waals surface area contributed by atoms with E-state index >= 15 is 0 Å². The molecule has 2 aromatic carbocycles. The summed E-state index contributed by atoms with van der Waals surface area (Å²) >= 11 is 0. The Morgan fingerprint density at radius 1 is 0.975 bits per heavy atom. The maximum Gasteiger partial charge on any atom is 0.326 e. The summed E-state index contributed by atoms with van der Waals surface area (Å²) in [5, 5.41) is 29.3. The molecular weight excluding hydrogens is 510 g/mol. The third kappa shape index (κ3) is 5.77. The molecule has 0 bridgehead atoms. The number of aliphatic hydroxyl groups excluding tert-OH is 1. The minimum Gasteiger partial charge on any atom is -0.508 e. The summed E-state index contributed by atoms with van der Waals surface area (Å²) in [4.78, 5) is 31.4. The fourth-order valence-electron chi connectivity index (χ4n) is 6.14. The van der Waals surface area contributed by atoms with Crippen LogP contribution in [0.15, 0.2) is 65.1 Å². The van der Waals surface area contributed by atoms with Gasteiger partial charge in [-0.25, -0.2) is 4.79 Å². The number of carbonyl (C=O) groups excluding carboxylic acids is 1. The Morgan fingerprint density at radius 2 is 1.70 bits per heavy atom. The molecule has 5 rings (SSSR count). The number of carbonyl (C=O) groups is 2. The highest BCUT2D eigenvalue weighted by atomic mass is 16.4. The van der Waals surface area contributed by atoms with E-state index in [4.69, 9.17) is 4.42 Å². The van der Waals surface area contributed by atoms with Gasteiger partial charge in [-0.2, -0.15) is 0 Å². The molecule has 2 unspecified atom stereocenters. The smallest absolute Gasteiger partial charge is 0.326 e. The van der Waals surface area contributed by atoms with Gasteiger partial charge in [0.1, 0.15) is 29.9 Å². The molecule has 2 aliphatic heterocycles. The van der Waals surface area contributed by atoms with Gasteiger partial charge >= 0.3 is 5.97 Å². The Bertz CT molecular complexity index is 1360. The van der Waals surface area contributed by atoms with E-state index in [0.29, 0.717) is 37.3 Å². The summed E-state index contributed by atoms with van der Waals surface area (Å²) in [7, 11) is 0. The van der Waals surface area contributed by atoms with Gasteiger partial charge in [-0.3, -0.25) is 14.6 Å². The Hall–Kier alpha value is -3.66. The molecule has 40 heavy (non-hydrogen) atoms. The van der Waals surface area contributed by atoms with Crippen molar-refractivity contribution in [1.82, 2.24) is 14.7 Å². The molecule has 0 radical (unpaired) electrons. The van der Waals surface area contributed by atoms with Gasteiger partial charge in [0.15, 0.2) is 0 Å². The van der Waals surface area contributed by atoms with Gasteiger partial charge in [-0.15, -0.1) is 0 Å². The van der Waals surface area contributed by atoms with E-state index in [9.17, 15) is 24.9 Å². The molecule has 2 saturated heterocycles. The number of nitrogens with zero attached hydrogens (tertiary/aromatic N) is 3. The lowest BCUT2D eigenvalue weighted by molar-refractivity contribution is -0.141. The minimum absolute atomic E-state index is 0.123. The number of phenols is 1. The van der Waals surface area contributed by atoms with Gasteiger partial charge in [0.2, 0.25) is 0 Å². The van der Waals surface area contributed by atoms with Crippen molar-refractivity contribution in [2.24, 2.45) is 0 Å². The summed E-state index contributed by atoms with van der Waals surface area (Å²) in [6.45, 7) is 6.81. The average Bonchev–Trinajstić information content (AvgIpc) is 3.61. The molecule has 212 valence electrons. The molecule has 0 spiro atoms. The molecule has 3 aromatic rings. The van der Waals surface area contributed by atoms with Crippen LogP contribution in [-0.4, -0.2) is 79.7 Å². The Kier molecular flexibility index (Phi) is 8.25. The van der Waals surface area contributed by atoms with Crippen LogP contribution in [0, 0.1) is 0 Å². The van der Waals surface area contributed by atoms with Crippen molar-refractivity contribution in [3.63, 3.8) is 0 Å². The Balaban J connectivity index is 1.44. The molecule has 1 amide bonds. The Morgan fingerprint density at radius 3 is 2.40 bits per heavy atom. The number of hydrogen-bond donors (Lipinski definition) is 3. The van der Waals surface area contributed by atoms with E-state index in [2.05, 4.69) is 23.6 Å². The first-order valence-corrected chi connectivity index (χ1v) is 13.9. The van der Waals surface area contributed by atoms with E-state index in [1.807, 2.05) is 36.4 Å². The fraction of sp³-hybridized carbons (Fsp3) is 0.419. The number of likely N-dealkylation sites (tertiary alicyclic amines) is 1. The lowest BCUT2D eigenvalue weighted by Gasteiger charge is -2.47. The molecule has 2 aliphatic rings. The number of furan rings is 1. The van der Waals surface area contributed by atoms with E-state index in [0.717, 1.165) is 30.0 Å². The number of rotatable bonds is 8. The van der Waals surface area contributed by atoms with Gasteiger partial charge in [-0.05, 0) is 74.2 Å². The molecule has 4 atom stereocenters. The van der Waals surface area contributed by atoms with Crippen LogP contribution in [0.4, 0.5) is 0 Å². The second-order valence-electron chi connectivity index (χ2n) is 11.0. The molecule has 3 N–H and O–H groups in total. The first-order valence-electron chi connectivity index (χ1n) is 13.9. The van der Waals surface area contributed by atoms with Gasteiger partial charge in [-0.1, -0.05) is 24.3 Å². The van der Waals surface area contributed by atoms with Gasteiger partial charge in [0.25, 0.3) is 5.91 Å². The zero-order valence-corrected chi connectivity index (χ0v) is 22.9. The number of hydrogen-bond acceptors (Lipinski definition) is 7. The van der Waals surface area contributed by atoms with Gasteiger partial charge in [0, 0.05) is 37.3 Å². The number of aliphatic hydroxyl groups is 1. The van der Waals surface area contributed by atoms with E-state index in [1.165, 1.54) is 4.90 Å². The second-order valence-corrected chi connectivity index (χ2v) is 11.0. The van der Waals surface area contributed by atoms with E-state index in [1.54, 1.807) is 24.3 Å². The van der Waals surface area contributed by atoms with E-state index < -0.39 is 12.0 Å². The lowest BCUT2D eigenvalue weighted by Crippen LogP contribution is -2.56. The molecule has 0 saturated carbocycles. The van der Waals surface area contributed by atoms with Crippen molar-refractivity contribution in [2.45, 2.75) is 64.0 Å². The second kappa shape index (κ2) is 11.8. The van der Waals surface area contributed by atoms with Crippen LogP contribution in [-0.2, 0) is 17.9 Å². The standard InChI is InChI=1S/C31H37N3O6/c1-20-17-34(21(2)16-32(20)18-26-11-12-27(19-35)40-26)29(23-7-4-9-25(36)15-23)22-6-3-8-24(14-22)30(37)33-13-5-10-28(33)31(38)39/h3-4,6-9,11-12,14-15,20-21,28-29,35-36H,5,10,13,16-19H2,1-2H3,(H,38,39)/t20-,21-,28?,29?/m1/s1. The van der Waals surface area contributed by atoms with Gasteiger partial charge in [0.05, 0.1) is 12.6 Å². The highest BCUT2D eigenvalue weighted by Gasteiger charge is 2.37. The zero-order chi connectivity index (χ0) is 28.4. The number of amides is 1. The SMILES string of the molecule is C[C@@H]1CN(C(c2cccc(O)c2)c2cccc(C(=O)N3CCCC3C(=O)O)c2)[C@H](C)CN1Cc1ccc(CO)o1. The van der Waals surface area contributed by atoms with Gasteiger partial charge < -0.3 is 24.6 Å². The molecule has 9 heteroatoms. The van der Waals surface area contributed by atoms with E-state index in [-0.39, 0.29) is 36.4 Å². The highest BCUT2D eigenvalue weighted by molar-refractivity contribution is 5.97. The quantitative estimate of drug-likeness (QED) is 0.389. The summed E-state index contributed by atoms with van der Waals surface area (Å²) in [6, 6.07) is 17.7. The van der Waals surface area contributed by atoms with Crippen LogP contribution in [0.1, 0.15) is 65.7 Å². The molecule has 0 aliphatic carbocycles. The summed E-state index contributed by atoms with van der Waals surface area (Å²) in [6.07, 6.45) is 1.14. The average molecular weight is 548 g/mol. The first-order chi connectivity index (χ1) is 19.2. The molecule has 9 nitrogen and oxygen atoms in total. The predicted molar refractivity (Wildman–Crippen MR) is 149 cm³/mol. The number of benzene rings is 2. The third-order valence-corrected chi connectivity index (χ3v) is 8.16. The normalized spacial score (nSPS) is 22.9.